The van der Waals surface area contributed by atoms with Crippen molar-refractivity contribution < 1.29 is 0 Å². The Morgan fingerprint density at radius 3 is 2.59 bits per heavy atom. The number of nitrogens with one attached hydrogen (secondary N) is 2. The molecule has 0 aliphatic rings. The first-order valence-corrected chi connectivity index (χ1v) is 6.31. The number of nitrogens with zero attached hydrogens (tertiary/aromatic N) is 4. The third-order valence-corrected chi connectivity index (χ3v) is 2.66. The summed E-state index contributed by atoms with van der Waals surface area (Å²) in [5.74, 6) is 2.27. The van der Waals surface area contributed by atoms with E-state index in [4.69, 9.17) is 0 Å². The average Bonchev–Trinajstić information content (AvgIpc) is 2.74. The lowest BCUT2D eigenvalue weighted by Crippen LogP contribution is -2.01. The number of rotatable bonds is 4. The highest BCUT2D eigenvalue weighted by Gasteiger charge is 2.04. The molecular weight excluding hydrogens is 236 g/mol. The van der Waals surface area contributed by atoms with Gasteiger partial charge < -0.3 is 10.6 Å². The largest absolute Gasteiger partial charge is 0.373 e. The lowest BCUT2D eigenvalue weighted by molar-refractivity contribution is 0.771. The van der Waals surface area contributed by atoms with Crippen LogP contribution in [0, 0.1) is 0 Å². The third kappa shape index (κ3) is 2.88. The molecule has 0 bridgehead atoms. The first-order chi connectivity index (χ1) is 8.21. The summed E-state index contributed by atoms with van der Waals surface area (Å²) in [6.45, 7) is 0. The number of hydrogen-bond acceptors (Lipinski definition) is 6. The lowest BCUT2D eigenvalue weighted by atomic mass is 10.5. The Bertz CT molecular complexity index is 487. The number of aryl methyl sites for hydroxylation is 1. The molecule has 2 rings (SSSR count). The number of hydrogen-bond donors (Lipinski definition) is 2. The van der Waals surface area contributed by atoms with Crippen molar-refractivity contribution in [2.75, 3.05) is 23.9 Å². The zero-order chi connectivity index (χ0) is 12.3. The Kier molecular flexibility index (Phi) is 3.48. The van der Waals surface area contributed by atoms with E-state index in [2.05, 4.69) is 25.7 Å². The molecule has 2 aromatic rings. The first-order valence-electron chi connectivity index (χ1n) is 5.09. The quantitative estimate of drug-likeness (QED) is 0.636. The van der Waals surface area contributed by atoms with Crippen molar-refractivity contribution in [3.8, 4) is 0 Å². The molecule has 2 heterocycles. The van der Waals surface area contributed by atoms with Crippen LogP contribution in [0.25, 0.3) is 0 Å². The van der Waals surface area contributed by atoms with Crippen molar-refractivity contribution in [2.24, 2.45) is 7.05 Å². The minimum Gasteiger partial charge on any atom is -0.373 e. The van der Waals surface area contributed by atoms with Gasteiger partial charge >= 0.3 is 0 Å². The van der Waals surface area contributed by atoms with Crippen LogP contribution in [0.5, 0.6) is 0 Å². The number of aromatic nitrogens is 4. The average molecular weight is 250 g/mol. The summed E-state index contributed by atoms with van der Waals surface area (Å²) in [4.78, 5) is 8.65. The summed E-state index contributed by atoms with van der Waals surface area (Å²) in [5, 5.41) is 11.1. The molecule has 0 aliphatic carbocycles. The van der Waals surface area contributed by atoms with Crippen molar-refractivity contribution >= 4 is 29.2 Å². The number of thioether (sulfide) groups is 1. The summed E-state index contributed by atoms with van der Waals surface area (Å²) >= 11 is 1.50. The predicted molar refractivity (Wildman–Crippen MR) is 69.9 cm³/mol. The minimum atomic E-state index is 0.718. The third-order valence-electron chi connectivity index (χ3n) is 2.11. The molecular formula is C10H14N6S. The number of anilines is 3. The van der Waals surface area contributed by atoms with Gasteiger partial charge in [0.2, 0.25) is 0 Å². The van der Waals surface area contributed by atoms with Crippen molar-refractivity contribution in [1.29, 1.82) is 0 Å². The van der Waals surface area contributed by atoms with E-state index in [0.717, 1.165) is 22.6 Å². The summed E-state index contributed by atoms with van der Waals surface area (Å²) in [7, 11) is 3.70. The molecule has 6 nitrogen and oxygen atoms in total. The first kappa shape index (κ1) is 11.7. The summed E-state index contributed by atoms with van der Waals surface area (Å²) < 4.78 is 1.73. The van der Waals surface area contributed by atoms with Gasteiger partial charge in [-0.15, -0.1) is 0 Å². The molecule has 17 heavy (non-hydrogen) atoms. The van der Waals surface area contributed by atoms with Crippen LogP contribution in [0.15, 0.2) is 23.5 Å². The molecule has 0 aromatic carbocycles. The van der Waals surface area contributed by atoms with E-state index in [1.54, 1.807) is 4.68 Å². The Balaban J connectivity index is 2.25. The van der Waals surface area contributed by atoms with Gasteiger partial charge in [0.1, 0.15) is 11.6 Å². The van der Waals surface area contributed by atoms with Gasteiger partial charge in [0, 0.05) is 32.4 Å². The fourth-order valence-corrected chi connectivity index (χ4v) is 1.70. The van der Waals surface area contributed by atoms with Gasteiger partial charge in [-0.1, -0.05) is 11.8 Å². The van der Waals surface area contributed by atoms with E-state index in [0.29, 0.717) is 0 Å². The summed E-state index contributed by atoms with van der Waals surface area (Å²) in [5.41, 5.74) is 0. The van der Waals surface area contributed by atoms with Crippen LogP contribution in [0.2, 0.25) is 0 Å². The molecule has 0 fully saturated rings. The van der Waals surface area contributed by atoms with E-state index in [9.17, 15) is 0 Å². The van der Waals surface area contributed by atoms with Crippen LogP contribution in [0.1, 0.15) is 0 Å². The zero-order valence-electron chi connectivity index (χ0n) is 9.93. The molecule has 0 aliphatic heterocycles. The van der Waals surface area contributed by atoms with Gasteiger partial charge in [-0.05, 0) is 6.26 Å². The highest BCUT2D eigenvalue weighted by molar-refractivity contribution is 7.98. The van der Waals surface area contributed by atoms with E-state index in [1.807, 2.05) is 38.7 Å². The van der Waals surface area contributed by atoms with E-state index < -0.39 is 0 Å². The molecule has 2 N–H and O–H groups in total. The Hall–Kier alpha value is -1.76. The van der Waals surface area contributed by atoms with E-state index in [1.165, 1.54) is 11.8 Å². The van der Waals surface area contributed by atoms with Crippen LogP contribution in [-0.4, -0.2) is 33.1 Å². The van der Waals surface area contributed by atoms with Gasteiger partial charge in [-0.2, -0.15) is 5.10 Å². The highest BCUT2D eigenvalue weighted by atomic mass is 32.2. The zero-order valence-corrected chi connectivity index (χ0v) is 10.7. The molecule has 90 valence electrons. The second-order valence-corrected chi connectivity index (χ2v) is 4.15. The van der Waals surface area contributed by atoms with Gasteiger partial charge in [0.15, 0.2) is 11.0 Å². The van der Waals surface area contributed by atoms with Crippen LogP contribution >= 0.6 is 11.8 Å². The van der Waals surface area contributed by atoms with Crippen molar-refractivity contribution in [3.05, 3.63) is 18.3 Å². The standard InChI is InChI=1S/C10H14N6S/c1-11-8-6-9(14-10(13-8)17-3)12-7-4-5-16(2)15-7/h4-6H,1-3H3,(H2,11,12,13,14,15). The second kappa shape index (κ2) is 5.05. The predicted octanol–water partition coefficient (Wildman–Crippen LogP) is 1.72. The summed E-state index contributed by atoms with van der Waals surface area (Å²) in [6.07, 6.45) is 3.82. The highest BCUT2D eigenvalue weighted by Crippen LogP contribution is 2.19. The fourth-order valence-electron chi connectivity index (χ4n) is 1.32. The van der Waals surface area contributed by atoms with Gasteiger partial charge in [0.05, 0.1) is 0 Å². The van der Waals surface area contributed by atoms with Crippen molar-refractivity contribution in [3.63, 3.8) is 0 Å². The molecule has 2 aromatic heterocycles. The van der Waals surface area contributed by atoms with Gasteiger partial charge in [-0.3, -0.25) is 4.68 Å². The van der Waals surface area contributed by atoms with Crippen LogP contribution in [0.4, 0.5) is 17.5 Å². The van der Waals surface area contributed by atoms with Gasteiger partial charge in [-0.25, -0.2) is 9.97 Å². The maximum absolute atomic E-state index is 4.36. The monoisotopic (exact) mass is 250 g/mol. The Morgan fingerprint density at radius 1 is 1.24 bits per heavy atom. The normalized spacial score (nSPS) is 10.3. The van der Waals surface area contributed by atoms with Crippen LogP contribution in [-0.2, 0) is 7.05 Å². The Morgan fingerprint density at radius 2 is 2.00 bits per heavy atom. The molecule has 0 radical (unpaired) electrons. The molecule has 0 amide bonds. The smallest absolute Gasteiger partial charge is 0.191 e. The Labute approximate surface area is 104 Å². The molecule has 0 unspecified atom stereocenters. The fraction of sp³-hybridized carbons (Fsp3) is 0.300. The lowest BCUT2D eigenvalue weighted by Gasteiger charge is -2.06. The SMILES string of the molecule is CNc1cc(Nc2ccn(C)n2)nc(SC)n1. The maximum Gasteiger partial charge on any atom is 0.191 e. The molecule has 0 saturated heterocycles. The van der Waals surface area contributed by atoms with Crippen molar-refractivity contribution in [2.45, 2.75) is 5.16 Å². The topological polar surface area (TPSA) is 67.7 Å². The van der Waals surface area contributed by atoms with Gasteiger partial charge in [0.25, 0.3) is 0 Å². The van der Waals surface area contributed by atoms with E-state index in [-0.39, 0.29) is 0 Å². The molecule has 0 atom stereocenters. The van der Waals surface area contributed by atoms with Crippen LogP contribution < -0.4 is 10.6 Å². The summed E-state index contributed by atoms with van der Waals surface area (Å²) in [6, 6.07) is 3.73. The van der Waals surface area contributed by atoms with Crippen molar-refractivity contribution in [1.82, 2.24) is 19.7 Å². The second-order valence-electron chi connectivity index (χ2n) is 3.37. The van der Waals surface area contributed by atoms with Crippen LogP contribution in [0.3, 0.4) is 0 Å². The van der Waals surface area contributed by atoms with E-state index >= 15 is 0 Å². The molecule has 7 heteroatoms. The molecule has 0 spiro atoms. The minimum absolute atomic E-state index is 0.718. The molecule has 0 saturated carbocycles. The maximum atomic E-state index is 4.36.